The molecule has 0 bridgehead atoms. The lowest BCUT2D eigenvalue weighted by Gasteiger charge is -1.96. The van der Waals surface area contributed by atoms with Crippen LogP contribution in [0.2, 0.25) is 0 Å². The Labute approximate surface area is 69.7 Å². The van der Waals surface area contributed by atoms with Crippen LogP contribution in [-0.2, 0) is 0 Å². The molecule has 0 spiro atoms. The maximum Gasteiger partial charge on any atom is 0.133 e. The third-order valence-electron chi connectivity index (χ3n) is 1.53. The van der Waals surface area contributed by atoms with Gasteiger partial charge >= 0.3 is 0 Å². The van der Waals surface area contributed by atoms with E-state index in [4.69, 9.17) is 5.11 Å². The highest BCUT2D eigenvalue weighted by molar-refractivity contribution is 8.00. The van der Waals surface area contributed by atoms with Gasteiger partial charge in [-0.1, -0.05) is 0 Å². The highest BCUT2D eigenvalue weighted by atomic mass is 32.2. The number of rotatable bonds is 2. The molecule has 0 saturated heterocycles. The first kappa shape index (κ1) is 6.98. The molecule has 1 saturated carbocycles. The molecule has 1 heterocycles. The molecule has 58 valence electrons. The van der Waals surface area contributed by atoms with Gasteiger partial charge in [-0.15, -0.1) is 11.8 Å². The lowest BCUT2D eigenvalue weighted by atomic mass is 10.5. The maximum atomic E-state index is 8.93. The summed E-state index contributed by atoms with van der Waals surface area (Å²) in [5.74, 6) is 0.241. The molecule has 11 heavy (non-hydrogen) atoms. The van der Waals surface area contributed by atoms with E-state index in [1.165, 1.54) is 19.0 Å². The van der Waals surface area contributed by atoms with Gasteiger partial charge in [-0.25, -0.2) is 4.98 Å². The smallest absolute Gasteiger partial charge is 0.133 e. The molecule has 1 aliphatic carbocycles. The van der Waals surface area contributed by atoms with Crippen LogP contribution in [0.3, 0.4) is 0 Å². The Kier molecular flexibility index (Phi) is 1.74. The van der Waals surface area contributed by atoms with Crippen LogP contribution in [0.1, 0.15) is 12.8 Å². The first-order chi connectivity index (χ1) is 5.34. The molecule has 1 aliphatic rings. The van der Waals surface area contributed by atoms with Gasteiger partial charge in [0.05, 0.1) is 11.2 Å². The molecule has 1 aromatic heterocycles. The average Bonchev–Trinajstić information content (AvgIpc) is 2.78. The van der Waals surface area contributed by atoms with Crippen molar-refractivity contribution in [2.75, 3.05) is 0 Å². The molecule has 2 nitrogen and oxygen atoms in total. The third-order valence-corrected chi connectivity index (χ3v) is 2.82. The topological polar surface area (TPSA) is 33.1 Å². The molecule has 0 radical (unpaired) electrons. The second kappa shape index (κ2) is 2.74. The standard InChI is InChI=1S/C8H9NOS/c10-6-1-4-8(9-5-6)11-7-2-3-7/h1,4-5,7,10H,2-3H2. The number of hydrogen-bond donors (Lipinski definition) is 1. The first-order valence-corrected chi connectivity index (χ1v) is 4.54. The van der Waals surface area contributed by atoms with Crippen LogP contribution in [0.5, 0.6) is 5.75 Å². The van der Waals surface area contributed by atoms with Crippen molar-refractivity contribution in [3.8, 4) is 5.75 Å². The van der Waals surface area contributed by atoms with E-state index in [0.29, 0.717) is 0 Å². The Balaban J connectivity index is 2.06. The molecule has 1 fully saturated rings. The van der Waals surface area contributed by atoms with Crippen molar-refractivity contribution in [1.29, 1.82) is 0 Å². The highest BCUT2D eigenvalue weighted by Crippen LogP contribution is 2.38. The minimum Gasteiger partial charge on any atom is -0.506 e. The molecule has 0 aromatic carbocycles. The van der Waals surface area contributed by atoms with Crippen molar-refractivity contribution in [1.82, 2.24) is 4.98 Å². The van der Waals surface area contributed by atoms with Crippen molar-refractivity contribution in [3.63, 3.8) is 0 Å². The first-order valence-electron chi connectivity index (χ1n) is 3.66. The minimum absolute atomic E-state index is 0.241. The van der Waals surface area contributed by atoms with Crippen LogP contribution in [0.15, 0.2) is 23.4 Å². The highest BCUT2D eigenvalue weighted by Gasteiger charge is 2.22. The van der Waals surface area contributed by atoms with Crippen LogP contribution in [0.4, 0.5) is 0 Å². The van der Waals surface area contributed by atoms with E-state index in [0.717, 1.165) is 10.3 Å². The van der Waals surface area contributed by atoms with E-state index in [1.54, 1.807) is 17.8 Å². The maximum absolute atomic E-state index is 8.93. The van der Waals surface area contributed by atoms with Gasteiger partial charge in [0.25, 0.3) is 0 Å². The zero-order valence-corrected chi connectivity index (χ0v) is 6.84. The number of nitrogens with zero attached hydrogens (tertiary/aromatic N) is 1. The van der Waals surface area contributed by atoms with Gasteiger partial charge < -0.3 is 5.11 Å². The number of aromatic hydroxyl groups is 1. The van der Waals surface area contributed by atoms with Crippen LogP contribution in [0, 0.1) is 0 Å². The molecule has 0 atom stereocenters. The Morgan fingerprint density at radius 1 is 1.45 bits per heavy atom. The van der Waals surface area contributed by atoms with Gasteiger partial charge in [0.15, 0.2) is 0 Å². The van der Waals surface area contributed by atoms with Gasteiger partial charge in [-0.3, -0.25) is 0 Å². The van der Waals surface area contributed by atoms with E-state index in [-0.39, 0.29) is 5.75 Å². The zero-order valence-electron chi connectivity index (χ0n) is 6.03. The van der Waals surface area contributed by atoms with Crippen molar-refractivity contribution < 1.29 is 5.11 Å². The summed E-state index contributed by atoms with van der Waals surface area (Å²) < 4.78 is 0. The van der Waals surface area contributed by atoms with Crippen molar-refractivity contribution in [3.05, 3.63) is 18.3 Å². The summed E-state index contributed by atoms with van der Waals surface area (Å²) in [4.78, 5) is 4.07. The second-order valence-corrected chi connectivity index (χ2v) is 3.99. The molecule has 3 heteroatoms. The molecule has 0 aliphatic heterocycles. The molecule has 0 unspecified atom stereocenters. The summed E-state index contributed by atoms with van der Waals surface area (Å²) in [6.45, 7) is 0. The van der Waals surface area contributed by atoms with Gasteiger partial charge in [-0.05, 0) is 25.0 Å². The average molecular weight is 167 g/mol. The van der Waals surface area contributed by atoms with E-state index >= 15 is 0 Å². The van der Waals surface area contributed by atoms with Crippen LogP contribution >= 0.6 is 11.8 Å². The summed E-state index contributed by atoms with van der Waals surface area (Å²) in [7, 11) is 0. The molecule has 1 aromatic rings. The SMILES string of the molecule is Oc1ccc(SC2CC2)nc1. The van der Waals surface area contributed by atoms with Gasteiger partial charge in [0.1, 0.15) is 5.75 Å². The van der Waals surface area contributed by atoms with Crippen molar-refractivity contribution >= 4 is 11.8 Å². The minimum atomic E-state index is 0.241. The molecule has 1 N–H and O–H groups in total. The van der Waals surface area contributed by atoms with Gasteiger partial charge in [0.2, 0.25) is 0 Å². The zero-order chi connectivity index (χ0) is 7.68. The Morgan fingerprint density at radius 3 is 2.82 bits per heavy atom. The fourth-order valence-electron chi connectivity index (χ4n) is 0.799. The summed E-state index contributed by atoms with van der Waals surface area (Å²) in [6, 6.07) is 3.54. The second-order valence-electron chi connectivity index (χ2n) is 2.67. The van der Waals surface area contributed by atoms with Crippen LogP contribution < -0.4 is 0 Å². The van der Waals surface area contributed by atoms with Gasteiger partial charge in [-0.2, -0.15) is 0 Å². The fraction of sp³-hybridized carbons (Fsp3) is 0.375. The lowest BCUT2D eigenvalue weighted by molar-refractivity contribution is 0.471. The molecule has 2 rings (SSSR count). The summed E-state index contributed by atoms with van der Waals surface area (Å²) >= 11 is 1.80. The predicted molar refractivity (Wildman–Crippen MR) is 44.8 cm³/mol. The lowest BCUT2D eigenvalue weighted by Crippen LogP contribution is -1.79. The fourth-order valence-corrected chi connectivity index (χ4v) is 1.77. The number of pyridine rings is 1. The number of hydrogen-bond acceptors (Lipinski definition) is 3. The molecular weight excluding hydrogens is 158 g/mol. The molecular formula is C8H9NOS. The van der Waals surface area contributed by atoms with E-state index in [1.807, 2.05) is 6.07 Å². The Bertz CT molecular complexity index is 243. The van der Waals surface area contributed by atoms with Gasteiger partial charge in [0, 0.05) is 5.25 Å². The monoisotopic (exact) mass is 167 g/mol. The number of thioether (sulfide) groups is 1. The van der Waals surface area contributed by atoms with Crippen LogP contribution in [0.25, 0.3) is 0 Å². The predicted octanol–water partition coefficient (Wildman–Crippen LogP) is 2.04. The summed E-state index contributed by atoms with van der Waals surface area (Å²) in [5.41, 5.74) is 0. The van der Waals surface area contributed by atoms with E-state index in [2.05, 4.69) is 4.98 Å². The van der Waals surface area contributed by atoms with Crippen LogP contribution in [-0.4, -0.2) is 15.3 Å². The number of aromatic nitrogens is 1. The van der Waals surface area contributed by atoms with Crippen molar-refractivity contribution in [2.45, 2.75) is 23.1 Å². The summed E-state index contributed by atoms with van der Waals surface area (Å²) in [6.07, 6.45) is 4.12. The Morgan fingerprint density at radius 2 is 2.27 bits per heavy atom. The largest absolute Gasteiger partial charge is 0.506 e. The summed E-state index contributed by atoms with van der Waals surface area (Å²) in [5, 5.41) is 10.7. The van der Waals surface area contributed by atoms with Crippen molar-refractivity contribution in [2.24, 2.45) is 0 Å². The quantitative estimate of drug-likeness (QED) is 0.731. The third kappa shape index (κ3) is 1.87. The molecule has 0 amide bonds. The van der Waals surface area contributed by atoms with E-state index < -0.39 is 0 Å². The normalized spacial score (nSPS) is 16.7. The van der Waals surface area contributed by atoms with E-state index in [9.17, 15) is 0 Å². The Hall–Kier alpha value is -0.700.